The predicted molar refractivity (Wildman–Crippen MR) is 68.8 cm³/mol. The Morgan fingerprint density at radius 1 is 1.27 bits per heavy atom. The van der Waals surface area contributed by atoms with Crippen molar-refractivity contribution in [3.63, 3.8) is 0 Å². The van der Waals surface area contributed by atoms with Crippen LogP contribution in [-0.4, -0.2) is 0 Å². The molecule has 0 saturated heterocycles. The lowest BCUT2D eigenvalue weighted by molar-refractivity contribution is 0.591. The fourth-order valence-corrected chi connectivity index (χ4v) is 2.42. The summed E-state index contributed by atoms with van der Waals surface area (Å²) in [7, 11) is 0. The molecule has 0 heterocycles. The molecule has 0 amide bonds. The van der Waals surface area contributed by atoms with E-state index in [1.165, 1.54) is 18.4 Å². The van der Waals surface area contributed by atoms with Gasteiger partial charge in [0.1, 0.15) is 0 Å². The van der Waals surface area contributed by atoms with E-state index in [9.17, 15) is 0 Å². The lowest BCUT2D eigenvalue weighted by Gasteiger charge is -2.08. The normalized spacial score (nSPS) is 31.8. The monoisotopic (exact) mass is 204 g/mol. The molecule has 0 bridgehead atoms. The first-order chi connectivity index (χ1) is 7.06. The maximum Gasteiger partial charge on any atom is -0.0182 e. The standard InChI is InChI=1S/C15H24/c1-6-7-14-12(4)10-13(5)15(14)9-8-11(2)3/h6-7,9,11-13H,1,8,10H2,2-5H3/b14-7-,15-9-. The third-order valence-electron chi connectivity index (χ3n) is 3.21. The Labute approximate surface area is 94.8 Å². The summed E-state index contributed by atoms with van der Waals surface area (Å²) >= 11 is 0. The zero-order valence-electron chi connectivity index (χ0n) is 10.6. The van der Waals surface area contributed by atoms with Crippen LogP contribution < -0.4 is 0 Å². The van der Waals surface area contributed by atoms with Gasteiger partial charge in [-0.25, -0.2) is 0 Å². The Hall–Kier alpha value is -0.780. The first-order valence-electron chi connectivity index (χ1n) is 6.09. The highest BCUT2D eigenvalue weighted by molar-refractivity contribution is 5.40. The van der Waals surface area contributed by atoms with Crippen molar-refractivity contribution in [1.29, 1.82) is 0 Å². The Bertz CT molecular complexity index is 278. The van der Waals surface area contributed by atoms with Crippen molar-refractivity contribution >= 4 is 0 Å². The van der Waals surface area contributed by atoms with Gasteiger partial charge in [0.15, 0.2) is 0 Å². The first kappa shape index (κ1) is 12.3. The van der Waals surface area contributed by atoms with Crippen LogP contribution in [0.25, 0.3) is 0 Å². The first-order valence-corrected chi connectivity index (χ1v) is 6.09. The predicted octanol–water partition coefficient (Wildman–Crippen LogP) is 4.75. The van der Waals surface area contributed by atoms with Gasteiger partial charge in [0, 0.05) is 0 Å². The fraction of sp³-hybridized carbons (Fsp3) is 0.600. The van der Waals surface area contributed by atoms with Gasteiger partial charge in [0.25, 0.3) is 0 Å². The minimum atomic E-state index is 0.705. The second kappa shape index (κ2) is 5.34. The van der Waals surface area contributed by atoms with E-state index in [4.69, 9.17) is 0 Å². The summed E-state index contributed by atoms with van der Waals surface area (Å²) < 4.78 is 0. The lowest BCUT2D eigenvalue weighted by Crippen LogP contribution is -1.93. The van der Waals surface area contributed by atoms with E-state index in [0.29, 0.717) is 5.92 Å². The van der Waals surface area contributed by atoms with Gasteiger partial charge >= 0.3 is 0 Å². The molecule has 2 unspecified atom stereocenters. The van der Waals surface area contributed by atoms with Crippen molar-refractivity contribution in [1.82, 2.24) is 0 Å². The van der Waals surface area contributed by atoms with E-state index >= 15 is 0 Å². The third kappa shape index (κ3) is 3.09. The molecule has 1 fully saturated rings. The molecule has 0 aliphatic heterocycles. The van der Waals surface area contributed by atoms with Gasteiger partial charge < -0.3 is 0 Å². The van der Waals surface area contributed by atoms with Crippen molar-refractivity contribution in [3.8, 4) is 0 Å². The van der Waals surface area contributed by atoms with Crippen molar-refractivity contribution < 1.29 is 0 Å². The highest BCUT2D eigenvalue weighted by Crippen LogP contribution is 2.40. The summed E-state index contributed by atoms with van der Waals surface area (Å²) in [6, 6.07) is 0. The van der Waals surface area contributed by atoms with Crippen LogP contribution in [0, 0.1) is 17.8 Å². The summed E-state index contributed by atoms with van der Waals surface area (Å²) in [6.07, 6.45) is 9.05. The Morgan fingerprint density at radius 3 is 2.40 bits per heavy atom. The molecule has 0 radical (unpaired) electrons. The van der Waals surface area contributed by atoms with Crippen LogP contribution in [0.3, 0.4) is 0 Å². The molecule has 0 aromatic rings. The molecule has 2 atom stereocenters. The highest BCUT2D eigenvalue weighted by Gasteiger charge is 2.27. The summed E-state index contributed by atoms with van der Waals surface area (Å²) in [5.41, 5.74) is 3.08. The molecule has 1 rings (SSSR count). The number of hydrogen-bond donors (Lipinski definition) is 0. The van der Waals surface area contributed by atoms with Crippen LogP contribution in [-0.2, 0) is 0 Å². The number of allylic oxidation sites excluding steroid dienone is 5. The lowest BCUT2D eigenvalue weighted by atomic mass is 9.97. The zero-order chi connectivity index (χ0) is 11.4. The molecular weight excluding hydrogens is 180 g/mol. The van der Waals surface area contributed by atoms with E-state index in [-0.39, 0.29) is 0 Å². The summed E-state index contributed by atoms with van der Waals surface area (Å²) in [6.45, 7) is 13.0. The quantitative estimate of drug-likeness (QED) is 0.622. The topological polar surface area (TPSA) is 0 Å². The van der Waals surface area contributed by atoms with Gasteiger partial charge in [-0.3, -0.25) is 0 Å². The van der Waals surface area contributed by atoms with Crippen LogP contribution in [0.15, 0.2) is 36.0 Å². The molecule has 0 heteroatoms. The van der Waals surface area contributed by atoms with Crippen LogP contribution >= 0.6 is 0 Å². The Kier molecular flexibility index (Phi) is 4.38. The van der Waals surface area contributed by atoms with Gasteiger partial charge in [-0.1, -0.05) is 52.5 Å². The van der Waals surface area contributed by atoms with E-state index in [0.717, 1.165) is 11.8 Å². The van der Waals surface area contributed by atoms with E-state index in [1.54, 1.807) is 5.57 Å². The molecule has 84 valence electrons. The fourth-order valence-electron chi connectivity index (χ4n) is 2.42. The SMILES string of the molecule is C=C/C=C1\C(=C/CC(C)C)C(C)CC1C. The Morgan fingerprint density at radius 2 is 1.87 bits per heavy atom. The second-order valence-corrected chi connectivity index (χ2v) is 5.18. The molecule has 0 aromatic carbocycles. The van der Waals surface area contributed by atoms with Gasteiger partial charge in [-0.15, -0.1) is 0 Å². The van der Waals surface area contributed by atoms with E-state index in [1.807, 2.05) is 6.08 Å². The molecule has 1 aliphatic carbocycles. The average Bonchev–Trinajstić information content (AvgIpc) is 2.40. The van der Waals surface area contributed by atoms with Gasteiger partial charge in [0.2, 0.25) is 0 Å². The van der Waals surface area contributed by atoms with Crippen molar-refractivity contribution in [2.24, 2.45) is 17.8 Å². The molecule has 0 spiro atoms. The maximum absolute atomic E-state index is 3.81. The van der Waals surface area contributed by atoms with Gasteiger partial charge in [0.05, 0.1) is 0 Å². The molecule has 0 aromatic heterocycles. The molecular formula is C15H24. The van der Waals surface area contributed by atoms with E-state index in [2.05, 4.69) is 46.4 Å². The van der Waals surface area contributed by atoms with Crippen molar-refractivity contribution in [2.45, 2.75) is 40.5 Å². The maximum atomic E-state index is 3.81. The Balaban J connectivity index is 2.88. The summed E-state index contributed by atoms with van der Waals surface area (Å²) in [5, 5.41) is 0. The molecule has 0 nitrogen and oxygen atoms in total. The molecule has 1 saturated carbocycles. The minimum absolute atomic E-state index is 0.705. The smallest absolute Gasteiger partial charge is 0.0182 e. The largest absolute Gasteiger partial charge is 0.0991 e. The number of hydrogen-bond acceptors (Lipinski definition) is 0. The van der Waals surface area contributed by atoms with Crippen LogP contribution in [0.1, 0.15) is 40.5 Å². The van der Waals surface area contributed by atoms with Gasteiger partial charge in [-0.05, 0) is 41.7 Å². The summed E-state index contributed by atoms with van der Waals surface area (Å²) in [5.74, 6) is 2.19. The van der Waals surface area contributed by atoms with Crippen LogP contribution in [0.5, 0.6) is 0 Å². The van der Waals surface area contributed by atoms with Crippen molar-refractivity contribution in [2.75, 3.05) is 0 Å². The average molecular weight is 204 g/mol. The zero-order valence-corrected chi connectivity index (χ0v) is 10.6. The highest BCUT2D eigenvalue weighted by atomic mass is 14.3. The van der Waals surface area contributed by atoms with E-state index < -0.39 is 0 Å². The second-order valence-electron chi connectivity index (χ2n) is 5.18. The van der Waals surface area contributed by atoms with Crippen LogP contribution in [0.2, 0.25) is 0 Å². The minimum Gasteiger partial charge on any atom is -0.0991 e. The molecule has 15 heavy (non-hydrogen) atoms. The summed E-state index contributed by atoms with van der Waals surface area (Å²) in [4.78, 5) is 0. The number of rotatable bonds is 3. The van der Waals surface area contributed by atoms with Crippen LogP contribution in [0.4, 0.5) is 0 Å². The molecule has 0 N–H and O–H groups in total. The van der Waals surface area contributed by atoms with Gasteiger partial charge in [-0.2, -0.15) is 0 Å². The third-order valence-corrected chi connectivity index (χ3v) is 3.21. The van der Waals surface area contributed by atoms with Crippen molar-refractivity contribution in [3.05, 3.63) is 36.0 Å². The molecule has 1 aliphatic rings.